The van der Waals surface area contributed by atoms with Crippen LogP contribution in [0.5, 0.6) is 0 Å². The number of nitrogens with zero attached hydrogens (tertiary/aromatic N) is 2. The highest BCUT2D eigenvalue weighted by Gasteiger charge is 2.23. The van der Waals surface area contributed by atoms with Crippen molar-refractivity contribution in [2.75, 3.05) is 14.1 Å². The molecule has 94 valence electrons. The van der Waals surface area contributed by atoms with Crippen molar-refractivity contribution in [2.24, 2.45) is 0 Å². The van der Waals surface area contributed by atoms with Crippen LogP contribution < -0.4 is 0 Å². The zero-order valence-corrected chi connectivity index (χ0v) is 11.9. The van der Waals surface area contributed by atoms with Gasteiger partial charge in [-0.2, -0.15) is 0 Å². The summed E-state index contributed by atoms with van der Waals surface area (Å²) in [5.74, 6) is 0. The molecule has 0 saturated heterocycles. The number of nitro groups is 1. The van der Waals surface area contributed by atoms with E-state index in [1.54, 1.807) is 6.92 Å². The Morgan fingerprint density at radius 2 is 1.88 bits per heavy atom. The SMILES string of the molecule is Cc1c(Br)cc(S(=O)(=O)N(C)C)cc1[N+](=O)[O-]. The third-order valence-corrected chi connectivity index (χ3v) is 4.88. The smallest absolute Gasteiger partial charge is 0.258 e. The predicted octanol–water partition coefficient (Wildman–Crippen LogP) is 1.92. The largest absolute Gasteiger partial charge is 0.274 e. The fourth-order valence-electron chi connectivity index (χ4n) is 1.19. The van der Waals surface area contributed by atoms with Gasteiger partial charge in [-0.25, -0.2) is 12.7 Å². The second kappa shape index (κ2) is 4.71. The molecule has 0 saturated carbocycles. The Labute approximate surface area is 108 Å². The van der Waals surface area contributed by atoms with Crippen molar-refractivity contribution in [3.63, 3.8) is 0 Å². The standard InChI is InChI=1S/C9H11BrN2O4S/c1-6-8(10)4-7(5-9(6)12(13)14)17(15,16)11(2)3/h4-5H,1-3H3. The molecule has 0 aliphatic heterocycles. The van der Waals surface area contributed by atoms with Gasteiger partial charge >= 0.3 is 0 Å². The second-order valence-corrected chi connectivity index (χ2v) is 6.60. The van der Waals surface area contributed by atoms with Crippen LogP contribution in [0.4, 0.5) is 5.69 Å². The van der Waals surface area contributed by atoms with Crippen molar-refractivity contribution >= 4 is 31.6 Å². The first-order valence-corrected chi connectivity index (χ1v) is 6.78. The first-order chi connectivity index (χ1) is 7.67. The van der Waals surface area contributed by atoms with E-state index in [0.717, 1.165) is 10.4 Å². The van der Waals surface area contributed by atoms with Crippen molar-refractivity contribution < 1.29 is 13.3 Å². The maximum atomic E-state index is 11.9. The third kappa shape index (κ3) is 2.64. The maximum absolute atomic E-state index is 11.9. The van der Waals surface area contributed by atoms with E-state index in [9.17, 15) is 18.5 Å². The average molecular weight is 323 g/mol. The van der Waals surface area contributed by atoms with Crippen LogP contribution in [0, 0.1) is 17.0 Å². The molecule has 0 spiro atoms. The summed E-state index contributed by atoms with van der Waals surface area (Å²) in [5.41, 5.74) is 0.174. The van der Waals surface area contributed by atoms with Crippen LogP contribution in [0.2, 0.25) is 0 Å². The lowest BCUT2D eigenvalue weighted by molar-refractivity contribution is -0.385. The lowest BCUT2D eigenvalue weighted by Crippen LogP contribution is -2.22. The minimum atomic E-state index is -3.67. The van der Waals surface area contributed by atoms with Crippen molar-refractivity contribution in [3.8, 4) is 0 Å². The van der Waals surface area contributed by atoms with Crippen molar-refractivity contribution in [1.82, 2.24) is 4.31 Å². The molecule has 8 heteroatoms. The highest BCUT2D eigenvalue weighted by atomic mass is 79.9. The number of halogens is 1. The molecule has 1 aromatic carbocycles. The van der Waals surface area contributed by atoms with Gasteiger partial charge in [-0.05, 0) is 13.0 Å². The van der Waals surface area contributed by atoms with E-state index in [4.69, 9.17) is 0 Å². The topological polar surface area (TPSA) is 80.5 Å². The van der Waals surface area contributed by atoms with Crippen LogP contribution >= 0.6 is 15.9 Å². The summed E-state index contributed by atoms with van der Waals surface area (Å²) >= 11 is 3.12. The van der Waals surface area contributed by atoms with Gasteiger partial charge in [0.2, 0.25) is 10.0 Å². The normalized spacial score (nSPS) is 11.8. The van der Waals surface area contributed by atoms with Crippen LogP contribution in [0.3, 0.4) is 0 Å². The number of benzene rings is 1. The summed E-state index contributed by atoms with van der Waals surface area (Å²) in [6.07, 6.45) is 0. The lowest BCUT2D eigenvalue weighted by atomic mass is 10.2. The zero-order valence-electron chi connectivity index (χ0n) is 9.47. The number of sulfonamides is 1. The molecule has 0 radical (unpaired) electrons. The Kier molecular flexibility index (Phi) is 3.90. The van der Waals surface area contributed by atoms with Gasteiger partial charge < -0.3 is 0 Å². The molecule has 0 atom stereocenters. The zero-order chi connectivity index (χ0) is 13.4. The molecule has 1 rings (SSSR count). The summed E-state index contributed by atoms with van der Waals surface area (Å²) in [5, 5.41) is 10.8. The molecule has 17 heavy (non-hydrogen) atoms. The van der Waals surface area contributed by atoms with E-state index < -0.39 is 14.9 Å². The van der Waals surface area contributed by atoms with Crippen molar-refractivity contribution in [3.05, 3.63) is 32.3 Å². The Balaban J connectivity index is 3.55. The maximum Gasteiger partial charge on any atom is 0.274 e. The van der Waals surface area contributed by atoms with Crippen molar-refractivity contribution in [2.45, 2.75) is 11.8 Å². The predicted molar refractivity (Wildman–Crippen MR) is 66.4 cm³/mol. The van der Waals surface area contributed by atoms with Gasteiger partial charge in [0.1, 0.15) is 0 Å². The Bertz CT molecular complexity index is 569. The Hall–Kier alpha value is -0.990. The summed E-state index contributed by atoms with van der Waals surface area (Å²) < 4.78 is 25.1. The van der Waals surface area contributed by atoms with E-state index in [1.165, 1.54) is 20.2 Å². The van der Waals surface area contributed by atoms with Gasteiger partial charge in [-0.15, -0.1) is 0 Å². The minimum absolute atomic E-state index is 0.105. The highest BCUT2D eigenvalue weighted by Crippen LogP contribution is 2.30. The molecular formula is C9H11BrN2O4S. The molecule has 0 aliphatic rings. The number of rotatable bonds is 3. The second-order valence-electron chi connectivity index (χ2n) is 3.59. The quantitative estimate of drug-likeness (QED) is 0.629. The summed E-state index contributed by atoms with van der Waals surface area (Å²) in [4.78, 5) is 10.1. The van der Waals surface area contributed by atoms with Gasteiger partial charge in [-0.1, -0.05) is 15.9 Å². The van der Waals surface area contributed by atoms with Crippen molar-refractivity contribution in [1.29, 1.82) is 0 Å². The lowest BCUT2D eigenvalue weighted by Gasteiger charge is -2.12. The summed E-state index contributed by atoms with van der Waals surface area (Å²) in [7, 11) is -0.933. The monoisotopic (exact) mass is 322 g/mol. The molecule has 0 aromatic heterocycles. The van der Waals surface area contributed by atoms with E-state index in [1.807, 2.05) is 0 Å². The van der Waals surface area contributed by atoms with Gasteiger partial charge in [0.05, 0.1) is 9.82 Å². The fourth-order valence-corrected chi connectivity index (χ4v) is 2.74. The third-order valence-electron chi connectivity index (χ3n) is 2.27. The van der Waals surface area contributed by atoms with Crippen LogP contribution in [0.25, 0.3) is 0 Å². The number of hydrogen-bond acceptors (Lipinski definition) is 4. The Morgan fingerprint density at radius 1 is 1.35 bits per heavy atom. The van der Waals surface area contributed by atoms with Crippen LogP contribution in [-0.4, -0.2) is 31.7 Å². The molecule has 0 aliphatic carbocycles. The first kappa shape index (κ1) is 14.1. The molecule has 0 amide bonds. The molecular weight excluding hydrogens is 312 g/mol. The first-order valence-electron chi connectivity index (χ1n) is 4.55. The molecule has 0 unspecified atom stereocenters. The number of nitro benzene ring substituents is 1. The van der Waals surface area contributed by atoms with E-state index in [0.29, 0.717) is 10.0 Å². The average Bonchev–Trinajstić information content (AvgIpc) is 2.20. The van der Waals surface area contributed by atoms with E-state index >= 15 is 0 Å². The molecule has 6 nitrogen and oxygen atoms in total. The Morgan fingerprint density at radius 3 is 2.29 bits per heavy atom. The highest BCUT2D eigenvalue weighted by molar-refractivity contribution is 9.10. The van der Waals surface area contributed by atoms with Gasteiger partial charge in [0, 0.05) is 30.2 Å². The minimum Gasteiger partial charge on any atom is -0.258 e. The molecule has 0 N–H and O–H groups in total. The van der Waals surface area contributed by atoms with E-state index in [-0.39, 0.29) is 10.6 Å². The summed E-state index contributed by atoms with van der Waals surface area (Å²) in [6.45, 7) is 1.55. The van der Waals surface area contributed by atoms with Crippen LogP contribution in [0.1, 0.15) is 5.56 Å². The summed E-state index contributed by atoms with van der Waals surface area (Å²) in [6, 6.07) is 2.42. The van der Waals surface area contributed by atoms with Gasteiger partial charge in [0.15, 0.2) is 0 Å². The molecule has 1 aromatic rings. The molecule has 0 bridgehead atoms. The van der Waals surface area contributed by atoms with Crippen LogP contribution in [-0.2, 0) is 10.0 Å². The van der Waals surface area contributed by atoms with Crippen LogP contribution in [0.15, 0.2) is 21.5 Å². The number of hydrogen-bond donors (Lipinski definition) is 0. The van der Waals surface area contributed by atoms with Gasteiger partial charge in [-0.3, -0.25) is 10.1 Å². The molecule has 0 fully saturated rings. The molecule has 0 heterocycles. The fraction of sp³-hybridized carbons (Fsp3) is 0.333. The van der Waals surface area contributed by atoms with E-state index in [2.05, 4.69) is 15.9 Å². The van der Waals surface area contributed by atoms with Gasteiger partial charge in [0.25, 0.3) is 5.69 Å².